The summed E-state index contributed by atoms with van der Waals surface area (Å²) in [6.45, 7) is 5.88. The zero-order chi connectivity index (χ0) is 25.5. The molecule has 36 heavy (non-hydrogen) atoms. The van der Waals surface area contributed by atoms with Gasteiger partial charge in [0.1, 0.15) is 5.82 Å². The molecule has 1 aliphatic rings. The van der Waals surface area contributed by atoms with Crippen molar-refractivity contribution in [3.8, 4) is 0 Å². The highest BCUT2D eigenvalue weighted by molar-refractivity contribution is 5.89. The van der Waals surface area contributed by atoms with Crippen LogP contribution in [-0.2, 0) is 27.8 Å². The van der Waals surface area contributed by atoms with Crippen molar-refractivity contribution in [2.24, 2.45) is 0 Å². The standard InChI is InChI=1S/C31H35FN2O2/c1-23-8-9-26(22-24(23)2)16-19-33-30(36)31(27-6-4-3-5-7-27)17-20-34(21-18-31)29(35)15-12-25-10-13-28(32)14-11-25/h3-11,13-14,22H,12,15-21H2,1-2H3,(H,33,36). The molecule has 5 heteroatoms. The smallest absolute Gasteiger partial charge is 0.230 e. The number of nitrogens with one attached hydrogen (secondary N) is 1. The molecular weight excluding hydrogens is 451 g/mol. The summed E-state index contributed by atoms with van der Waals surface area (Å²) >= 11 is 0. The van der Waals surface area contributed by atoms with Gasteiger partial charge in [-0.05, 0) is 79.5 Å². The number of carbonyl (C=O) groups is 2. The Bertz CT molecular complexity index is 1180. The van der Waals surface area contributed by atoms with Gasteiger partial charge in [-0.2, -0.15) is 0 Å². The molecule has 3 aromatic carbocycles. The molecule has 4 rings (SSSR count). The summed E-state index contributed by atoms with van der Waals surface area (Å²) < 4.78 is 13.1. The summed E-state index contributed by atoms with van der Waals surface area (Å²) in [5, 5.41) is 3.20. The molecule has 0 saturated carbocycles. The average Bonchev–Trinajstić information content (AvgIpc) is 2.90. The quantitative estimate of drug-likeness (QED) is 0.470. The fourth-order valence-electron chi connectivity index (χ4n) is 5.05. The predicted octanol–water partition coefficient (Wildman–Crippen LogP) is 5.29. The number of benzene rings is 3. The molecule has 0 bridgehead atoms. The number of hydrogen-bond donors (Lipinski definition) is 1. The number of piperidine rings is 1. The third kappa shape index (κ3) is 6.01. The largest absolute Gasteiger partial charge is 0.355 e. The van der Waals surface area contributed by atoms with E-state index in [9.17, 15) is 14.0 Å². The van der Waals surface area contributed by atoms with Gasteiger partial charge in [0.25, 0.3) is 0 Å². The Morgan fingerprint density at radius 2 is 1.53 bits per heavy atom. The zero-order valence-corrected chi connectivity index (χ0v) is 21.2. The lowest BCUT2D eigenvalue weighted by atomic mass is 9.72. The molecule has 4 nitrogen and oxygen atoms in total. The van der Waals surface area contributed by atoms with Crippen LogP contribution in [0.3, 0.4) is 0 Å². The Hall–Kier alpha value is -3.47. The first-order valence-electron chi connectivity index (χ1n) is 12.8. The Kier molecular flexibility index (Phi) is 8.19. The van der Waals surface area contributed by atoms with E-state index in [1.165, 1.54) is 28.8 Å². The van der Waals surface area contributed by atoms with Crippen LogP contribution in [0.1, 0.15) is 47.1 Å². The lowest BCUT2D eigenvalue weighted by molar-refractivity contribution is -0.136. The second-order valence-electron chi connectivity index (χ2n) is 9.88. The molecule has 0 aromatic heterocycles. The summed E-state index contributed by atoms with van der Waals surface area (Å²) in [6, 6.07) is 22.7. The van der Waals surface area contributed by atoms with Crippen LogP contribution in [-0.4, -0.2) is 36.3 Å². The van der Waals surface area contributed by atoms with Gasteiger partial charge in [0.2, 0.25) is 11.8 Å². The molecule has 0 radical (unpaired) electrons. The topological polar surface area (TPSA) is 49.4 Å². The van der Waals surface area contributed by atoms with E-state index in [1.54, 1.807) is 12.1 Å². The number of aryl methyl sites for hydroxylation is 3. The zero-order valence-electron chi connectivity index (χ0n) is 21.2. The van der Waals surface area contributed by atoms with Crippen molar-refractivity contribution >= 4 is 11.8 Å². The molecule has 1 aliphatic heterocycles. The van der Waals surface area contributed by atoms with Gasteiger partial charge in [-0.15, -0.1) is 0 Å². The highest BCUT2D eigenvalue weighted by Gasteiger charge is 2.43. The van der Waals surface area contributed by atoms with Crippen molar-refractivity contribution in [2.45, 2.75) is 51.4 Å². The molecule has 1 heterocycles. The van der Waals surface area contributed by atoms with Gasteiger partial charge in [-0.25, -0.2) is 4.39 Å². The second-order valence-corrected chi connectivity index (χ2v) is 9.88. The van der Waals surface area contributed by atoms with Crippen LogP contribution in [0.4, 0.5) is 4.39 Å². The van der Waals surface area contributed by atoms with E-state index < -0.39 is 5.41 Å². The van der Waals surface area contributed by atoms with Gasteiger partial charge in [0.05, 0.1) is 5.41 Å². The van der Waals surface area contributed by atoms with Crippen molar-refractivity contribution in [3.05, 3.63) is 106 Å². The Morgan fingerprint density at radius 3 is 2.19 bits per heavy atom. The van der Waals surface area contributed by atoms with E-state index in [2.05, 4.69) is 37.4 Å². The summed E-state index contributed by atoms with van der Waals surface area (Å²) in [5.41, 5.74) is 5.06. The van der Waals surface area contributed by atoms with Crippen LogP contribution in [0.15, 0.2) is 72.8 Å². The third-order valence-corrected chi connectivity index (χ3v) is 7.54. The molecule has 1 saturated heterocycles. The number of hydrogen-bond acceptors (Lipinski definition) is 2. The van der Waals surface area contributed by atoms with Crippen LogP contribution in [0.25, 0.3) is 0 Å². The second kappa shape index (κ2) is 11.5. The lowest BCUT2D eigenvalue weighted by Crippen LogP contribution is -2.53. The first kappa shape index (κ1) is 25.6. The van der Waals surface area contributed by atoms with Crippen molar-refractivity contribution in [2.75, 3.05) is 19.6 Å². The normalized spacial score (nSPS) is 14.9. The van der Waals surface area contributed by atoms with Gasteiger partial charge in [0.15, 0.2) is 0 Å². The van der Waals surface area contributed by atoms with Crippen LogP contribution >= 0.6 is 0 Å². The maximum atomic E-state index is 13.6. The van der Waals surface area contributed by atoms with Crippen LogP contribution in [0, 0.1) is 19.7 Å². The number of nitrogens with zero attached hydrogens (tertiary/aromatic N) is 1. The van der Waals surface area contributed by atoms with Crippen LogP contribution in [0.2, 0.25) is 0 Å². The maximum absolute atomic E-state index is 13.6. The number of rotatable bonds is 8. The molecule has 2 amide bonds. The molecule has 188 valence electrons. The number of carbonyl (C=O) groups excluding carboxylic acids is 2. The van der Waals surface area contributed by atoms with E-state index in [1.807, 2.05) is 35.2 Å². The fourth-order valence-corrected chi connectivity index (χ4v) is 5.05. The molecule has 0 aliphatic carbocycles. The number of likely N-dealkylation sites (tertiary alicyclic amines) is 1. The minimum atomic E-state index is -0.641. The summed E-state index contributed by atoms with van der Waals surface area (Å²) in [4.78, 5) is 28.4. The number of amides is 2. The van der Waals surface area contributed by atoms with E-state index in [0.717, 1.165) is 17.5 Å². The molecule has 1 N–H and O–H groups in total. The monoisotopic (exact) mass is 486 g/mol. The Balaban J connectivity index is 1.38. The van der Waals surface area contributed by atoms with Crippen molar-refractivity contribution in [3.63, 3.8) is 0 Å². The minimum absolute atomic E-state index is 0.0379. The Morgan fingerprint density at radius 1 is 0.861 bits per heavy atom. The molecule has 0 unspecified atom stereocenters. The molecule has 0 spiro atoms. The van der Waals surface area contributed by atoms with Gasteiger partial charge < -0.3 is 10.2 Å². The van der Waals surface area contributed by atoms with Crippen molar-refractivity contribution in [1.82, 2.24) is 10.2 Å². The molecular formula is C31H35FN2O2. The molecule has 0 atom stereocenters. The van der Waals surface area contributed by atoms with E-state index in [4.69, 9.17) is 0 Å². The summed E-state index contributed by atoms with van der Waals surface area (Å²) in [7, 11) is 0. The van der Waals surface area contributed by atoms with E-state index in [0.29, 0.717) is 45.3 Å². The third-order valence-electron chi connectivity index (χ3n) is 7.54. The van der Waals surface area contributed by atoms with Crippen LogP contribution in [0.5, 0.6) is 0 Å². The highest BCUT2D eigenvalue weighted by Crippen LogP contribution is 2.36. The average molecular weight is 487 g/mol. The summed E-state index contributed by atoms with van der Waals surface area (Å²) in [6.07, 6.45) is 2.93. The number of halogens is 1. The lowest BCUT2D eigenvalue weighted by Gasteiger charge is -2.41. The van der Waals surface area contributed by atoms with E-state index >= 15 is 0 Å². The first-order chi connectivity index (χ1) is 17.4. The van der Waals surface area contributed by atoms with Gasteiger partial charge in [0, 0.05) is 26.1 Å². The summed E-state index contributed by atoms with van der Waals surface area (Å²) in [5.74, 6) is -0.155. The predicted molar refractivity (Wildman–Crippen MR) is 141 cm³/mol. The SMILES string of the molecule is Cc1ccc(CCNC(=O)C2(c3ccccc3)CCN(C(=O)CCc3ccc(F)cc3)CC2)cc1C. The maximum Gasteiger partial charge on any atom is 0.230 e. The first-order valence-corrected chi connectivity index (χ1v) is 12.8. The molecule has 3 aromatic rings. The van der Waals surface area contributed by atoms with Crippen molar-refractivity contribution < 1.29 is 14.0 Å². The van der Waals surface area contributed by atoms with Crippen molar-refractivity contribution in [1.29, 1.82) is 0 Å². The van der Waals surface area contributed by atoms with Gasteiger partial charge in [-0.3, -0.25) is 9.59 Å². The highest BCUT2D eigenvalue weighted by atomic mass is 19.1. The molecule has 1 fully saturated rings. The van der Waals surface area contributed by atoms with Gasteiger partial charge in [-0.1, -0.05) is 60.7 Å². The minimum Gasteiger partial charge on any atom is -0.355 e. The van der Waals surface area contributed by atoms with Gasteiger partial charge >= 0.3 is 0 Å². The van der Waals surface area contributed by atoms with E-state index in [-0.39, 0.29) is 17.6 Å². The Labute approximate surface area is 213 Å². The van der Waals surface area contributed by atoms with Crippen LogP contribution < -0.4 is 5.32 Å². The fraction of sp³-hybridized carbons (Fsp3) is 0.355.